The first kappa shape index (κ1) is 9.53. The Morgan fingerprint density at radius 2 is 2.27 bits per heavy atom. The van der Waals surface area contributed by atoms with Gasteiger partial charge in [0.15, 0.2) is 6.19 Å². The van der Waals surface area contributed by atoms with Crippen LogP contribution in [0.5, 0.6) is 0 Å². The van der Waals surface area contributed by atoms with Gasteiger partial charge in [0.05, 0.1) is 12.1 Å². The molecular weight excluding hydrogens is 190 g/mol. The molecule has 1 heterocycles. The summed E-state index contributed by atoms with van der Waals surface area (Å²) in [6.45, 7) is 0. The monoisotopic (exact) mass is 201 g/mol. The molecule has 0 saturated carbocycles. The minimum atomic E-state index is 0.0989. The Balaban J connectivity index is 2.43. The van der Waals surface area contributed by atoms with Crippen molar-refractivity contribution in [3.8, 4) is 6.19 Å². The van der Waals surface area contributed by atoms with E-state index in [1.54, 1.807) is 19.0 Å². The lowest BCUT2D eigenvalue weighted by atomic mass is 10.1. The van der Waals surface area contributed by atoms with Crippen molar-refractivity contribution in [1.82, 2.24) is 0 Å². The zero-order valence-electron chi connectivity index (χ0n) is 8.69. The Morgan fingerprint density at radius 1 is 1.53 bits per heavy atom. The number of amides is 1. The highest BCUT2D eigenvalue weighted by molar-refractivity contribution is 6.01. The third kappa shape index (κ3) is 1.42. The fraction of sp³-hybridized carbons (Fsp3) is 0.273. The van der Waals surface area contributed by atoms with Gasteiger partial charge in [-0.1, -0.05) is 0 Å². The fourth-order valence-corrected chi connectivity index (χ4v) is 1.72. The third-order valence-corrected chi connectivity index (χ3v) is 2.68. The van der Waals surface area contributed by atoms with Crippen molar-refractivity contribution in [1.29, 1.82) is 5.26 Å². The molecule has 1 aromatic carbocycles. The quantitative estimate of drug-likeness (QED) is 0.505. The van der Waals surface area contributed by atoms with E-state index in [-0.39, 0.29) is 5.91 Å². The van der Waals surface area contributed by atoms with E-state index in [2.05, 4.69) is 0 Å². The number of anilines is 2. The molecule has 0 unspecified atom stereocenters. The SMILES string of the molecule is CN(C#N)c1ccc2c(c1)CC(=O)N2C. The first-order chi connectivity index (χ1) is 7.13. The lowest BCUT2D eigenvalue weighted by molar-refractivity contribution is -0.117. The first-order valence-corrected chi connectivity index (χ1v) is 4.66. The van der Waals surface area contributed by atoms with Crippen molar-refractivity contribution in [2.75, 3.05) is 23.9 Å². The Labute approximate surface area is 88.3 Å². The molecule has 0 N–H and O–H groups in total. The van der Waals surface area contributed by atoms with Crippen molar-refractivity contribution in [3.63, 3.8) is 0 Å². The number of rotatable bonds is 1. The Morgan fingerprint density at radius 3 is 2.93 bits per heavy atom. The maximum atomic E-state index is 11.4. The van der Waals surface area contributed by atoms with Crippen molar-refractivity contribution < 1.29 is 4.79 Å². The van der Waals surface area contributed by atoms with Crippen molar-refractivity contribution in [3.05, 3.63) is 23.8 Å². The van der Waals surface area contributed by atoms with Gasteiger partial charge in [-0.05, 0) is 23.8 Å². The van der Waals surface area contributed by atoms with Gasteiger partial charge in [-0.25, -0.2) is 0 Å². The highest BCUT2D eigenvalue weighted by Gasteiger charge is 2.24. The topological polar surface area (TPSA) is 47.3 Å². The average Bonchev–Trinajstić information content (AvgIpc) is 2.53. The summed E-state index contributed by atoms with van der Waals surface area (Å²) >= 11 is 0. The van der Waals surface area contributed by atoms with Gasteiger partial charge < -0.3 is 4.90 Å². The van der Waals surface area contributed by atoms with E-state index in [0.29, 0.717) is 6.42 Å². The molecule has 1 aromatic rings. The molecule has 4 heteroatoms. The van der Waals surface area contributed by atoms with Gasteiger partial charge in [-0.3, -0.25) is 9.69 Å². The van der Waals surface area contributed by atoms with Crippen LogP contribution in [0.25, 0.3) is 0 Å². The molecule has 2 rings (SSSR count). The Bertz CT molecular complexity index is 461. The highest BCUT2D eigenvalue weighted by Crippen LogP contribution is 2.30. The number of carbonyl (C=O) groups excluding carboxylic acids is 1. The number of hydrogen-bond donors (Lipinski definition) is 0. The number of benzene rings is 1. The molecule has 0 fully saturated rings. The molecule has 76 valence electrons. The van der Waals surface area contributed by atoms with Gasteiger partial charge in [-0.2, -0.15) is 5.26 Å². The predicted octanol–water partition coefficient (Wildman–Crippen LogP) is 1.12. The largest absolute Gasteiger partial charge is 0.315 e. The molecule has 0 spiro atoms. The molecule has 15 heavy (non-hydrogen) atoms. The number of nitriles is 1. The molecule has 0 bridgehead atoms. The van der Waals surface area contributed by atoms with Crippen LogP contribution in [0.2, 0.25) is 0 Å². The van der Waals surface area contributed by atoms with Gasteiger partial charge in [0.25, 0.3) is 0 Å². The zero-order chi connectivity index (χ0) is 11.0. The van der Waals surface area contributed by atoms with Gasteiger partial charge in [-0.15, -0.1) is 0 Å². The van der Waals surface area contributed by atoms with Crippen LogP contribution >= 0.6 is 0 Å². The summed E-state index contributed by atoms with van der Waals surface area (Å²) in [5.41, 5.74) is 2.75. The van der Waals surface area contributed by atoms with Gasteiger partial charge in [0, 0.05) is 19.8 Å². The number of hydrogen-bond acceptors (Lipinski definition) is 3. The smallest absolute Gasteiger partial charge is 0.231 e. The molecular formula is C11H11N3O. The van der Waals surface area contributed by atoms with Crippen LogP contribution in [-0.4, -0.2) is 20.0 Å². The van der Waals surface area contributed by atoms with E-state index in [9.17, 15) is 4.79 Å². The number of fused-ring (bicyclic) bond motifs is 1. The maximum absolute atomic E-state index is 11.4. The molecule has 0 aliphatic carbocycles. The van der Waals surface area contributed by atoms with E-state index in [1.165, 1.54) is 4.90 Å². The summed E-state index contributed by atoms with van der Waals surface area (Å²) < 4.78 is 0. The molecule has 0 aromatic heterocycles. The van der Waals surface area contributed by atoms with Crippen LogP contribution in [0.15, 0.2) is 18.2 Å². The molecule has 1 amide bonds. The van der Waals surface area contributed by atoms with E-state index >= 15 is 0 Å². The van der Waals surface area contributed by atoms with Gasteiger partial charge >= 0.3 is 0 Å². The third-order valence-electron chi connectivity index (χ3n) is 2.68. The minimum absolute atomic E-state index is 0.0989. The standard InChI is InChI=1S/C11H11N3O/c1-13(7-12)9-3-4-10-8(5-9)6-11(15)14(10)2/h3-5H,6H2,1-2H3. The van der Waals surface area contributed by atoms with Gasteiger partial charge in [0.1, 0.15) is 0 Å². The summed E-state index contributed by atoms with van der Waals surface area (Å²) in [4.78, 5) is 14.5. The first-order valence-electron chi connectivity index (χ1n) is 4.66. The summed E-state index contributed by atoms with van der Waals surface area (Å²) in [6.07, 6.45) is 2.46. The molecule has 4 nitrogen and oxygen atoms in total. The Hall–Kier alpha value is -2.02. The zero-order valence-corrected chi connectivity index (χ0v) is 8.69. The summed E-state index contributed by atoms with van der Waals surface area (Å²) in [5, 5.41) is 8.74. The normalized spacial score (nSPS) is 13.7. The molecule has 0 atom stereocenters. The molecule has 0 radical (unpaired) electrons. The van der Waals surface area contributed by atoms with E-state index in [1.807, 2.05) is 24.4 Å². The summed E-state index contributed by atoms with van der Waals surface area (Å²) in [7, 11) is 3.46. The minimum Gasteiger partial charge on any atom is -0.315 e. The van der Waals surface area contributed by atoms with E-state index in [0.717, 1.165) is 16.9 Å². The lowest BCUT2D eigenvalue weighted by Crippen LogP contribution is -2.20. The van der Waals surface area contributed by atoms with Crippen molar-refractivity contribution in [2.24, 2.45) is 0 Å². The van der Waals surface area contributed by atoms with Crippen LogP contribution in [0.4, 0.5) is 11.4 Å². The van der Waals surface area contributed by atoms with Crippen LogP contribution < -0.4 is 9.80 Å². The second-order valence-electron chi connectivity index (χ2n) is 3.60. The maximum Gasteiger partial charge on any atom is 0.231 e. The predicted molar refractivity (Wildman–Crippen MR) is 57.6 cm³/mol. The lowest BCUT2D eigenvalue weighted by Gasteiger charge is -2.12. The van der Waals surface area contributed by atoms with Crippen molar-refractivity contribution >= 4 is 17.3 Å². The second kappa shape index (κ2) is 3.28. The summed E-state index contributed by atoms with van der Waals surface area (Å²) in [6, 6.07) is 5.61. The van der Waals surface area contributed by atoms with Crippen molar-refractivity contribution in [2.45, 2.75) is 6.42 Å². The Kier molecular flexibility index (Phi) is 2.09. The van der Waals surface area contributed by atoms with Crippen LogP contribution in [-0.2, 0) is 11.2 Å². The summed E-state index contributed by atoms with van der Waals surface area (Å²) in [5.74, 6) is 0.0989. The van der Waals surface area contributed by atoms with Crippen LogP contribution in [0.3, 0.4) is 0 Å². The van der Waals surface area contributed by atoms with E-state index in [4.69, 9.17) is 5.26 Å². The van der Waals surface area contributed by atoms with Gasteiger partial charge in [0.2, 0.25) is 5.91 Å². The number of carbonyl (C=O) groups is 1. The molecule has 0 saturated heterocycles. The molecule has 1 aliphatic rings. The number of likely N-dealkylation sites (N-methyl/N-ethyl adjacent to an activating group) is 1. The average molecular weight is 201 g/mol. The van der Waals surface area contributed by atoms with Crippen LogP contribution in [0.1, 0.15) is 5.56 Å². The second-order valence-corrected chi connectivity index (χ2v) is 3.60. The molecule has 1 aliphatic heterocycles. The fourth-order valence-electron chi connectivity index (χ4n) is 1.72. The highest BCUT2D eigenvalue weighted by atomic mass is 16.2. The van der Waals surface area contributed by atoms with E-state index < -0.39 is 0 Å². The number of nitrogens with zero attached hydrogens (tertiary/aromatic N) is 3. The van der Waals surface area contributed by atoms with Crippen LogP contribution in [0, 0.1) is 11.5 Å².